The molecule has 1 fully saturated rings. The largest absolute Gasteiger partial charge is 0.507 e. The first kappa shape index (κ1) is 26.8. The second-order valence-electron chi connectivity index (χ2n) is 9.08. The highest BCUT2D eigenvalue weighted by Gasteiger charge is 2.48. The lowest BCUT2D eigenvalue weighted by atomic mass is 9.95. The summed E-state index contributed by atoms with van der Waals surface area (Å²) < 4.78 is 11.8. The van der Waals surface area contributed by atoms with Crippen molar-refractivity contribution in [3.8, 4) is 11.5 Å². The number of aliphatic hydroxyl groups is 1. The number of aromatic nitrogens is 1. The zero-order chi connectivity index (χ0) is 28.4. The van der Waals surface area contributed by atoms with E-state index < -0.39 is 28.4 Å². The van der Waals surface area contributed by atoms with E-state index in [9.17, 15) is 24.8 Å². The molecule has 1 atom stereocenters. The van der Waals surface area contributed by atoms with Crippen molar-refractivity contribution in [1.29, 1.82) is 0 Å². The van der Waals surface area contributed by atoms with Gasteiger partial charge < -0.3 is 14.6 Å². The van der Waals surface area contributed by atoms with Gasteiger partial charge in [0.15, 0.2) is 5.13 Å². The van der Waals surface area contributed by atoms with Crippen LogP contribution in [0, 0.1) is 10.1 Å². The van der Waals surface area contributed by atoms with Gasteiger partial charge in [-0.3, -0.25) is 24.6 Å². The Morgan fingerprint density at radius 1 is 1.10 bits per heavy atom. The Labute approximate surface area is 233 Å². The third-order valence-electron chi connectivity index (χ3n) is 6.51. The molecular formula is C29H25N3O7S. The molecule has 0 bridgehead atoms. The third kappa shape index (κ3) is 4.98. The molecule has 1 N–H and O–H groups in total. The number of fused-ring (bicyclic) bond motifs is 1. The fraction of sp³-hybridized carbons (Fsp3) is 0.207. The number of rotatable bonds is 9. The summed E-state index contributed by atoms with van der Waals surface area (Å²) in [5, 5.41) is 23.2. The number of methoxy groups -OCH3 is 1. The van der Waals surface area contributed by atoms with Crippen LogP contribution in [0.1, 0.15) is 36.9 Å². The van der Waals surface area contributed by atoms with Crippen LogP contribution in [0.3, 0.4) is 0 Å². The lowest BCUT2D eigenvalue weighted by molar-refractivity contribution is -0.384. The second-order valence-corrected chi connectivity index (χ2v) is 10.1. The Kier molecular flexibility index (Phi) is 7.47. The summed E-state index contributed by atoms with van der Waals surface area (Å²) in [6, 6.07) is 16.3. The first-order valence-electron chi connectivity index (χ1n) is 12.6. The van der Waals surface area contributed by atoms with Gasteiger partial charge in [-0.1, -0.05) is 48.9 Å². The van der Waals surface area contributed by atoms with E-state index in [0.717, 1.165) is 12.8 Å². The molecule has 10 nitrogen and oxygen atoms in total. The predicted molar refractivity (Wildman–Crippen MR) is 151 cm³/mol. The molecule has 11 heteroatoms. The average Bonchev–Trinajstić information content (AvgIpc) is 3.50. The van der Waals surface area contributed by atoms with Crippen LogP contribution >= 0.6 is 11.3 Å². The van der Waals surface area contributed by atoms with Crippen LogP contribution in [-0.4, -0.2) is 40.4 Å². The molecule has 1 aromatic heterocycles. The van der Waals surface area contributed by atoms with Crippen LogP contribution in [0.4, 0.5) is 10.8 Å². The molecule has 40 heavy (non-hydrogen) atoms. The van der Waals surface area contributed by atoms with Gasteiger partial charge in [0, 0.05) is 17.7 Å². The van der Waals surface area contributed by atoms with E-state index in [2.05, 4.69) is 4.98 Å². The van der Waals surface area contributed by atoms with Crippen LogP contribution in [0.2, 0.25) is 0 Å². The Bertz CT molecular complexity index is 1660. The lowest BCUT2D eigenvalue weighted by Gasteiger charge is -2.22. The molecule has 2 heterocycles. The smallest absolute Gasteiger partial charge is 0.301 e. The number of aliphatic hydroxyl groups excluding tert-OH is 1. The van der Waals surface area contributed by atoms with Crippen molar-refractivity contribution < 1.29 is 29.1 Å². The van der Waals surface area contributed by atoms with Gasteiger partial charge in [0.05, 0.1) is 40.5 Å². The minimum absolute atomic E-state index is 0.201. The number of hydrogen-bond donors (Lipinski definition) is 1. The number of anilines is 1. The lowest BCUT2D eigenvalue weighted by Crippen LogP contribution is -2.29. The Balaban J connectivity index is 1.67. The molecule has 4 aromatic rings. The normalized spacial score (nSPS) is 16.4. The SMILES string of the molecule is CCCCOc1cccc(/C(O)=C2\C(=O)C(=O)N(c3nc4ccc(OC)cc4s3)C2c2cccc([N+](=O)[O-])c2)c1. The second kappa shape index (κ2) is 11.1. The minimum Gasteiger partial charge on any atom is -0.507 e. The highest BCUT2D eigenvalue weighted by Crippen LogP contribution is 2.45. The summed E-state index contributed by atoms with van der Waals surface area (Å²) in [4.78, 5) is 43.8. The van der Waals surface area contributed by atoms with E-state index >= 15 is 0 Å². The fourth-order valence-corrected chi connectivity index (χ4v) is 5.52. The quantitative estimate of drug-likeness (QED) is 0.0658. The van der Waals surface area contributed by atoms with Crippen molar-refractivity contribution in [2.24, 2.45) is 0 Å². The van der Waals surface area contributed by atoms with Crippen LogP contribution in [0.15, 0.2) is 72.3 Å². The Morgan fingerprint density at radius 2 is 1.90 bits per heavy atom. The van der Waals surface area contributed by atoms with E-state index in [4.69, 9.17) is 9.47 Å². The molecule has 1 amide bonds. The predicted octanol–water partition coefficient (Wildman–Crippen LogP) is 6.02. The summed E-state index contributed by atoms with van der Waals surface area (Å²) in [7, 11) is 1.54. The highest BCUT2D eigenvalue weighted by atomic mass is 32.1. The molecule has 5 rings (SSSR count). The molecule has 1 saturated heterocycles. The van der Waals surface area contributed by atoms with E-state index in [1.54, 1.807) is 48.5 Å². The number of nitro benzene ring substituents is 1. The van der Waals surface area contributed by atoms with Gasteiger partial charge in [-0.25, -0.2) is 4.98 Å². The molecule has 204 valence electrons. The maximum absolute atomic E-state index is 13.5. The first-order chi connectivity index (χ1) is 19.3. The molecule has 0 spiro atoms. The molecule has 1 aliphatic heterocycles. The number of amides is 1. The molecule has 0 saturated carbocycles. The summed E-state index contributed by atoms with van der Waals surface area (Å²) in [5.41, 5.74) is 0.715. The van der Waals surface area contributed by atoms with Crippen molar-refractivity contribution in [3.05, 3.63) is 93.5 Å². The van der Waals surface area contributed by atoms with Gasteiger partial charge in [0.2, 0.25) is 0 Å². The number of unbranched alkanes of at least 4 members (excludes halogenated alkanes) is 1. The maximum Gasteiger partial charge on any atom is 0.301 e. The molecule has 0 radical (unpaired) electrons. The van der Waals surface area contributed by atoms with Gasteiger partial charge in [-0.05, 0) is 42.3 Å². The van der Waals surface area contributed by atoms with Gasteiger partial charge in [0.25, 0.3) is 11.5 Å². The number of Topliss-reactive ketones (excluding diaryl/α,β-unsaturated/α-hetero) is 1. The van der Waals surface area contributed by atoms with E-state index in [1.165, 1.54) is 41.5 Å². The van der Waals surface area contributed by atoms with Crippen LogP contribution in [0.25, 0.3) is 16.0 Å². The topological polar surface area (TPSA) is 132 Å². The number of nitro groups is 1. The van der Waals surface area contributed by atoms with Crippen molar-refractivity contribution in [1.82, 2.24) is 4.98 Å². The number of benzene rings is 3. The van der Waals surface area contributed by atoms with E-state index in [-0.39, 0.29) is 27.5 Å². The minimum atomic E-state index is -1.16. The third-order valence-corrected chi connectivity index (χ3v) is 7.52. The number of nitrogens with zero attached hydrogens (tertiary/aromatic N) is 3. The number of hydrogen-bond acceptors (Lipinski definition) is 9. The number of carbonyl (C=O) groups excluding carboxylic acids is 2. The molecule has 1 unspecified atom stereocenters. The van der Waals surface area contributed by atoms with Crippen molar-refractivity contribution >= 4 is 49.8 Å². The van der Waals surface area contributed by atoms with E-state index in [1.807, 2.05) is 6.92 Å². The number of carbonyl (C=O) groups is 2. The summed E-state index contributed by atoms with van der Waals surface area (Å²) in [6.45, 7) is 2.53. The number of thiazole rings is 1. The van der Waals surface area contributed by atoms with Crippen LogP contribution < -0.4 is 14.4 Å². The monoisotopic (exact) mass is 559 g/mol. The number of ether oxygens (including phenoxy) is 2. The van der Waals surface area contributed by atoms with Crippen molar-refractivity contribution in [2.75, 3.05) is 18.6 Å². The van der Waals surface area contributed by atoms with Crippen molar-refractivity contribution in [3.63, 3.8) is 0 Å². The molecule has 0 aliphatic carbocycles. The zero-order valence-electron chi connectivity index (χ0n) is 21.7. The fourth-order valence-electron chi connectivity index (χ4n) is 4.50. The summed E-state index contributed by atoms with van der Waals surface area (Å²) >= 11 is 1.17. The van der Waals surface area contributed by atoms with Crippen LogP contribution in [-0.2, 0) is 9.59 Å². The molecular weight excluding hydrogens is 534 g/mol. The summed E-state index contributed by atoms with van der Waals surface area (Å²) in [6.07, 6.45) is 1.80. The van der Waals surface area contributed by atoms with Gasteiger partial charge in [0.1, 0.15) is 17.3 Å². The van der Waals surface area contributed by atoms with Gasteiger partial charge in [-0.15, -0.1) is 0 Å². The molecule has 1 aliphatic rings. The van der Waals surface area contributed by atoms with Crippen molar-refractivity contribution in [2.45, 2.75) is 25.8 Å². The summed E-state index contributed by atoms with van der Waals surface area (Å²) in [5.74, 6) is -1.15. The zero-order valence-corrected chi connectivity index (χ0v) is 22.5. The highest BCUT2D eigenvalue weighted by molar-refractivity contribution is 7.22. The van der Waals surface area contributed by atoms with Crippen LogP contribution in [0.5, 0.6) is 11.5 Å². The first-order valence-corrected chi connectivity index (χ1v) is 13.4. The Hall–Kier alpha value is -4.77. The average molecular weight is 560 g/mol. The Morgan fingerprint density at radius 3 is 2.65 bits per heavy atom. The number of non-ortho nitro benzene ring substituents is 1. The van der Waals surface area contributed by atoms with Gasteiger partial charge in [-0.2, -0.15) is 0 Å². The standard InChI is InChI=1S/C29H25N3O7S/c1-3-4-13-39-21-10-6-8-18(15-21)26(33)24-25(17-7-5-9-19(14-17)32(36)37)31(28(35)27(24)34)29-30-22-12-11-20(38-2)16-23(22)40-29/h5-12,14-16,25,33H,3-4,13H2,1-2H3/b26-24+. The number of ketones is 1. The molecule has 3 aromatic carbocycles. The van der Waals surface area contributed by atoms with Gasteiger partial charge >= 0.3 is 5.91 Å². The van der Waals surface area contributed by atoms with E-state index in [0.29, 0.717) is 28.3 Å². The maximum atomic E-state index is 13.5.